The van der Waals surface area contributed by atoms with Crippen LogP contribution < -0.4 is 11.1 Å². The van der Waals surface area contributed by atoms with Crippen LogP contribution in [-0.2, 0) is 14.8 Å². The lowest BCUT2D eigenvalue weighted by atomic mass is 10.1. The number of aromatic amines is 1. The van der Waals surface area contributed by atoms with Crippen molar-refractivity contribution < 1.29 is 13.2 Å². The number of H-pyrrole nitrogens is 1. The van der Waals surface area contributed by atoms with Crippen molar-refractivity contribution in [2.45, 2.75) is 36.6 Å². The Morgan fingerprint density at radius 1 is 1.33 bits per heavy atom. The van der Waals surface area contributed by atoms with Gasteiger partial charge in [-0.3, -0.25) is 9.89 Å². The standard InChI is InChI=1S/C12H19N5O3S/c13-11-10(7-14-16-11)21(19,20)17-5-3-9(4-6-17)15-12(18)8-1-2-8/h7-9H,1-6H2,(H,15,18)(H3,13,14,16). The van der Waals surface area contributed by atoms with Crippen molar-refractivity contribution in [2.24, 2.45) is 5.92 Å². The molecule has 0 aromatic carbocycles. The fraction of sp³-hybridized carbons (Fsp3) is 0.667. The largest absolute Gasteiger partial charge is 0.383 e. The van der Waals surface area contributed by atoms with Gasteiger partial charge in [0, 0.05) is 25.0 Å². The maximum atomic E-state index is 12.4. The van der Waals surface area contributed by atoms with E-state index in [2.05, 4.69) is 15.5 Å². The molecule has 4 N–H and O–H groups in total. The number of piperidine rings is 1. The Balaban J connectivity index is 1.60. The average Bonchev–Trinajstić information content (AvgIpc) is 3.21. The van der Waals surface area contributed by atoms with E-state index in [1.54, 1.807) is 0 Å². The number of carbonyl (C=O) groups is 1. The maximum absolute atomic E-state index is 12.4. The Bertz CT molecular complexity index is 629. The van der Waals surface area contributed by atoms with Crippen LogP contribution in [0.5, 0.6) is 0 Å². The van der Waals surface area contributed by atoms with Crippen molar-refractivity contribution in [3.8, 4) is 0 Å². The molecule has 116 valence electrons. The van der Waals surface area contributed by atoms with Crippen molar-refractivity contribution in [1.82, 2.24) is 19.8 Å². The second-order valence-electron chi connectivity index (χ2n) is 5.61. The number of hydrogen-bond acceptors (Lipinski definition) is 5. The molecule has 0 radical (unpaired) electrons. The Hall–Kier alpha value is -1.61. The van der Waals surface area contributed by atoms with E-state index in [1.807, 2.05) is 0 Å². The normalized spacial score (nSPS) is 21.3. The molecule has 1 aromatic heterocycles. The van der Waals surface area contributed by atoms with Gasteiger partial charge in [-0.25, -0.2) is 8.42 Å². The van der Waals surface area contributed by atoms with E-state index in [1.165, 1.54) is 10.5 Å². The third-order valence-corrected chi connectivity index (χ3v) is 5.92. The van der Waals surface area contributed by atoms with Gasteiger partial charge in [-0.05, 0) is 25.7 Å². The topological polar surface area (TPSA) is 121 Å². The lowest BCUT2D eigenvalue weighted by Crippen LogP contribution is -2.46. The molecule has 0 spiro atoms. The molecule has 21 heavy (non-hydrogen) atoms. The predicted molar refractivity (Wildman–Crippen MR) is 75.6 cm³/mol. The van der Waals surface area contributed by atoms with Gasteiger partial charge in [0.25, 0.3) is 0 Å². The van der Waals surface area contributed by atoms with Gasteiger partial charge in [-0.1, -0.05) is 0 Å². The summed E-state index contributed by atoms with van der Waals surface area (Å²) in [4.78, 5) is 11.7. The third kappa shape index (κ3) is 2.88. The van der Waals surface area contributed by atoms with Crippen molar-refractivity contribution in [2.75, 3.05) is 18.8 Å². The molecule has 1 aromatic rings. The molecule has 2 fully saturated rings. The molecule has 8 nitrogen and oxygen atoms in total. The average molecular weight is 313 g/mol. The van der Waals surface area contributed by atoms with Crippen LogP contribution in [-0.4, -0.2) is 48.0 Å². The molecule has 1 aliphatic carbocycles. The Kier molecular flexibility index (Phi) is 3.62. The monoisotopic (exact) mass is 313 g/mol. The third-order valence-electron chi connectivity index (χ3n) is 4.00. The van der Waals surface area contributed by atoms with E-state index in [9.17, 15) is 13.2 Å². The number of hydrogen-bond donors (Lipinski definition) is 3. The number of aromatic nitrogens is 2. The molecule has 0 unspecified atom stereocenters. The molecular weight excluding hydrogens is 294 g/mol. The summed E-state index contributed by atoms with van der Waals surface area (Å²) in [7, 11) is -3.60. The van der Waals surface area contributed by atoms with E-state index in [0.29, 0.717) is 25.9 Å². The van der Waals surface area contributed by atoms with Crippen LogP contribution >= 0.6 is 0 Å². The van der Waals surface area contributed by atoms with Crippen LogP contribution in [0.15, 0.2) is 11.1 Å². The molecule has 3 rings (SSSR count). The first-order valence-corrected chi connectivity index (χ1v) is 8.52. The minimum Gasteiger partial charge on any atom is -0.383 e. The van der Waals surface area contributed by atoms with Crippen LogP contribution in [0.1, 0.15) is 25.7 Å². The molecule has 0 atom stereocenters. The van der Waals surface area contributed by atoms with Gasteiger partial charge < -0.3 is 11.1 Å². The summed E-state index contributed by atoms with van der Waals surface area (Å²) >= 11 is 0. The minimum atomic E-state index is -3.60. The highest BCUT2D eigenvalue weighted by molar-refractivity contribution is 7.89. The lowest BCUT2D eigenvalue weighted by molar-refractivity contribution is -0.123. The first kappa shape index (κ1) is 14.3. The van der Waals surface area contributed by atoms with Crippen LogP contribution in [0.25, 0.3) is 0 Å². The predicted octanol–water partition coefficient (Wildman–Crippen LogP) is -0.329. The van der Waals surface area contributed by atoms with Gasteiger partial charge in [0.05, 0.1) is 6.20 Å². The van der Waals surface area contributed by atoms with Crippen LogP contribution in [0, 0.1) is 5.92 Å². The number of anilines is 1. The quantitative estimate of drug-likeness (QED) is 0.703. The molecule has 1 saturated heterocycles. The summed E-state index contributed by atoms with van der Waals surface area (Å²) < 4.78 is 26.2. The number of amides is 1. The Labute approximate surface area is 123 Å². The van der Waals surface area contributed by atoms with Crippen LogP contribution in [0.3, 0.4) is 0 Å². The Morgan fingerprint density at radius 3 is 2.52 bits per heavy atom. The fourth-order valence-electron chi connectivity index (χ4n) is 2.53. The molecule has 1 aliphatic heterocycles. The van der Waals surface area contributed by atoms with Gasteiger partial charge in [-0.15, -0.1) is 0 Å². The van der Waals surface area contributed by atoms with Crippen molar-refractivity contribution in [3.05, 3.63) is 6.20 Å². The van der Waals surface area contributed by atoms with Crippen molar-refractivity contribution in [3.63, 3.8) is 0 Å². The summed E-state index contributed by atoms with van der Waals surface area (Å²) in [5.74, 6) is 0.340. The van der Waals surface area contributed by atoms with Gasteiger partial charge >= 0.3 is 0 Å². The van der Waals surface area contributed by atoms with E-state index < -0.39 is 10.0 Å². The Morgan fingerprint density at radius 2 is 2.00 bits per heavy atom. The second kappa shape index (κ2) is 5.30. The number of nitrogens with zero attached hydrogens (tertiary/aromatic N) is 2. The van der Waals surface area contributed by atoms with Crippen LogP contribution in [0.2, 0.25) is 0 Å². The molecule has 1 saturated carbocycles. The number of nitrogens with two attached hydrogens (primary N) is 1. The zero-order valence-electron chi connectivity index (χ0n) is 11.6. The summed E-state index contributed by atoms with van der Waals surface area (Å²) in [5, 5.41) is 9.08. The van der Waals surface area contributed by atoms with Crippen molar-refractivity contribution >= 4 is 21.7 Å². The summed E-state index contributed by atoms with van der Waals surface area (Å²) in [6, 6.07) is 0.0613. The molecular formula is C12H19N5O3S. The molecule has 2 heterocycles. The first-order chi connectivity index (χ1) is 9.98. The molecule has 0 bridgehead atoms. The molecule has 2 aliphatic rings. The maximum Gasteiger partial charge on any atom is 0.248 e. The van der Waals surface area contributed by atoms with E-state index in [0.717, 1.165) is 12.8 Å². The number of carbonyl (C=O) groups excluding carboxylic acids is 1. The van der Waals surface area contributed by atoms with Crippen LogP contribution in [0.4, 0.5) is 5.82 Å². The van der Waals surface area contributed by atoms with E-state index in [4.69, 9.17) is 5.73 Å². The van der Waals surface area contributed by atoms with E-state index in [-0.39, 0.29) is 28.6 Å². The fourth-order valence-corrected chi connectivity index (χ4v) is 4.01. The highest BCUT2D eigenvalue weighted by Crippen LogP contribution is 2.29. The lowest BCUT2D eigenvalue weighted by Gasteiger charge is -2.31. The summed E-state index contributed by atoms with van der Waals surface area (Å²) in [5.41, 5.74) is 5.59. The highest BCUT2D eigenvalue weighted by atomic mass is 32.2. The second-order valence-corrected chi connectivity index (χ2v) is 7.52. The summed E-state index contributed by atoms with van der Waals surface area (Å²) in [6.07, 6.45) is 4.41. The number of nitrogens with one attached hydrogen (secondary N) is 2. The zero-order valence-corrected chi connectivity index (χ0v) is 12.4. The summed E-state index contributed by atoms with van der Waals surface area (Å²) in [6.45, 7) is 0.755. The molecule has 9 heteroatoms. The van der Waals surface area contributed by atoms with E-state index >= 15 is 0 Å². The SMILES string of the molecule is Nc1[nH]ncc1S(=O)(=O)N1CCC(NC(=O)C2CC2)CC1. The first-order valence-electron chi connectivity index (χ1n) is 7.08. The number of sulfonamides is 1. The van der Waals surface area contributed by atoms with Gasteiger partial charge in [0.1, 0.15) is 10.7 Å². The van der Waals surface area contributed by atoms with Gasteiger partial charge in [0.2, 0.25) is 15.9 Å². The van der Waals surface area contributed by atoms with Gasteiger partial charge in [0.15, 0.2) is 0 Å². The molecule has 1 amide bonds. The smallest absolute Gasteiger partial charge is 0.248 e. The zero-order chi connectivity index (χ0) is 15.0. The van der Waals surface area contributed by atoms with Gasteiger partial charge in [-0.2, -0.15) is 9.40 Å². The number of nitrogen functional groups attached to an aromatic ring is 1. The minimum absolute atomic E-state index is 0.0166. The highest BCUT2D eigenvalue weighted by Gasteiger charge is 2.34. The number of rotatable bonds is 4. The van der Waals surface area contributed by atoms with Crippen molar-refractivity contribution in [1.29, 1.82) is 0 Å².